The standard InChI is InChI=1S/C26H27N3O8/c1-16(5-3-4-12-30)26(34)21-13-20(29(35)36)10-11-22(21)27(25(26)33)15-18-6-8-19(9-7-18)28-23(32)14-24(28)37-17(2)31/h3,5-11,13,16,24,30,34H,4,12,14-15H2,1-2H3/b5-3+/t16-,24?,26+/m1/s1. The molecule has 0 saturated carbocycles. The molecule has 11 heteroatoms. The number of carbonyl (C=O) groups is 3. The molecule has 0 radical (unpaired) electrons. The molecule has 2 aromatic rings. The lowest BCUT2D eigenvalue weighted by Crippen LogP contribution is -2.54. The van der Waals surface area contributed by atoms with E-state index in [4.69, 9.17) is 9.84 Å². The molecule has 2 N–H and O–H groups in total. The monoisotopic (exact) mass is 509 g/mol. The molecule has 1 saturated heterocycles. The highest BCUT2D eigenvalue weighted by atomic mass is 16.6. The van der Waals surface area contributed by atoms with E-state index in [0.717, 1.165) is 0 Å². The van der Waals surface area contributed by atoms with Crippen molar-refractivity contribution >= 4 is 34.8 Å². The number of rotatable bonds is 9. The third-order valence-corrected chi connectivity index (χ3v) is 6.61. The van der Waals surface area contributed by atoms with E-state index >= 15 is 0 Å². The van der Waals surface area contributed by atoms with Crippen molar-refractivity contribution in [3.05, 3.63) is 75.9 Å². The van der Waals surface area contributed by atoms with Gasteiger partial charge in [0.2, 0.25) is 5.91 Å². The Labute approximate surface area is 212 Å². The molecule has 0 spiro atoms. The van der Waals surface area contributed by atoms with Crippen LogP contribution >= 0.6 is 0 Å². The van der Waals surface area contributed by atoms with E-state index in [1.807, 2.05) is 0 Å². The first-order valence-electron chi connectivity index (χ1n) is 11.8. The van der Waals surface area contributed by atoms with Gasteiger partial charge in [-0.3, -0.25) is 29.4 Å². The summed E-state index contributed by atoms with van der Waals surface area (Å²) in [4.78, 5) is 50.5. The van der Waals surface area contributed by atoms with Gasteiger partial charge in [-0.1, -0.05) is 31.2 Å². The average Bonchev–Trinajstić information content (AvgIpc) is 3.06. The van der Waals surface area contributed by atoms with Gasteiger partial charge >= 0.3 is 5.97 Å². The predicted molar refractivity (Wildman–Crippen MR) is 132 cm³/mol. The summed E-state index contributed by atoms with van der Waals surface area (Å²) in [6, 6.07) is 10.7. The number of hydrogen-bond acceptors (Lipinski definition) is 8. The van der Waals surface area contributed by atoms with Crippen molar-refractivity contribution in [2.45, 2.75) is 45.1 Å². The number of fused-ring (bicyclic) bond motifs is 1. The number of hydrogen-bond donors (Lipinski definition) is 2. The number of carbonyl (C=O) groups excluding carboxylic acids is 3. The number of aliphatic hydroxyl groups is 2. The van der Waals surface area contributed by atoms with Crippen molar-refractivity contribution in [2.24, 2.45) is 5.92 Å². The first kappa shape index (κ1) is 26.0. The van der Waals surface area contributed by atoms with Gasteiger partial charge < -0.3 is 19.8 Å². The van der Waals surface area contributed by atoms with Crippen LogP contribution in [0, 0.1) is 16.0 Å². The van der Waals surface area contributed by atoms with Gasteiger partial charge in [-0.15, -0.1) is 0 Å². The number of β-lactam (4-membered cyclic amide) rings is 1. The summed E-state index contributed by atoms with van der Waals surface area (Å²) in [5.74, 6) is -2.02. The Morgan fingerprint density at radius 3 is 2.57 bits per heavy atom. The zero-order valence-electron chi connectivity index (χ0n) is 20.4. The fourth-order valence-corrected chi connectivity index (χ4v) is 4.65. The van der Waals surface area contributed by atoms with E-state index in [9.17, 15) is 29.6 Å². The maximum atomic E-state index is 13.6. The molecular weight excluding hydrogens is 482 g/mol. The van der Waals surface area contributed by atoms with Crippen LogP contribution in [0.15, 0.2) is 54.6 Å². The zero-order valence-corrected chi connectivity index (χ0v) is 20.4. The van der Waals surface area contributed by atoms with Gasteiger partial charge in [0.25, 0.3) is 11.6 Å². The summed E-state index contributed by atoms with van der Waals surface area (Å²) >= 11 is 0. The third-order valence-electron chi connectivity index (χ3n) is 6.61. The van der Waals surface area contributed by atoms with Crippen LogP contribution in [0.4, 0.5) is 17.1 Å². The molecular formula is C26H27N3O8. The number of amides is 2. The molecule has 2 aliphatic heterocycles. The minimum Gasteiger partial charge on any atom is -0.441 e. The Kier molecular flexibility index (Phi) is 7.10. The van der Waals surface area contributed by atoms with Gasteiger partial charge in [-0.05, 0) is 30.2 Å². The summed E-state index contributed by atoms with van der Waals surface area (Å²) in [6.45, 7) is 2.88. The van der Waals surface area contributed by atoms with E-state index in [-0.39, 0.29) is 36.7 Å². The summed E-state index contributed by atoms with van der Waals surface area (Å²) in [5.41, 5.74) is -0.559. The molecule has 3 atom stereocenters. The van der Waals surface area contributed by atoms with Crippen LogP contribution in [0.2, 0.25) is 0 Å². The molecule has 0 aromatic heterocycles. The topological polar surface area (TPSA) is 151 Å². The lowest BCUT2D eigenvalue weighted by molar-refractivity contribution is -0.385. The Hall–Kier alpha value is -4.09. The maximum Gasteiger partial charge on any atom is 0.304 e. The second-order valence-corrected chi connectivity index (χ2v) is 9.04. The van der Waals surface area contributed by atoms with Crippen molar-refractivity contribution in [3.8, 4) is 0 Å². The minimum atomic E-state index is -2.03. The van der Waals surface area contributed by atoms with Crippen LogP contribution in [0.1, 0.15) is 37.8 Å². The largest absolute Gasteiger partial charge is 0.441 e. The van der Waals surface area contributed by atoms with Crippen LogP contribution in [0.3, 0.4) is 0 Å². The van der Waals surface area contributed by atoms with Crippen LogP contribution in [0.25, 0.3) is 0 Å². The molecule has 2 amide bonds. The minimum absolute atomic E-state index is 0.0701. The normalized spacial score (nSPS) is 21.7. The van der Waals surface area contributed by atoms with E-state index in [1.54, 1.807) is 43.3 Å². The fraction of sp³-hybridized carbons (Fsp3) is 0.346. The van der Waals surface area contributed by atoms with Crippen molar-refractivity contribution in [1.82, 2.24) is 0 Å². The predicted octanol–water partition coefficient (Wildman–Crippen LogP) is 2.53. The van der Waals surface area contributed by atoms with Gasteiger partial charge in [-0.2, -0.15) is 0 Å². The van der Waals surface area contributed by atoms with Gasteiger partial charge in [0, 0.05) is 42.8 Å². The molecule has 1 unspecified atom stereocenters. The first-order chi connectivity index (χ1) is 17.6. The van der Waals surface area contributed by atoms with Crippen molar-refractivity contribution in [1.29, 1.82) is 0 Å². The zero-order chi connectivity index (χ0) is 26.9. The summed E-state index contributed by atoms with van der Waals surface area (Å²) in [5, 5.41) is 32.1. The molecule has 37 heavy (non-hydrogen) atoms. The molecule has 2 aliphatic rings. The first-order valence-corrected chi connectivity index (χ1v) is 11.8. The number of nitrogens with zero attached hydrogens (tertiary/aromatic N) is 3. The van der Waals surface area contributed by atoms with E-state index in [1.165, 1.54) is 34.9 Å². The highest BCUT2D eigenvalue weighted by molar-refractivity contribution is 6.07. The number of esters is 1. The van der Waals surface area contributed by atoms with Crippen LogP contribution in [0.5, 0.6) is 0 Å². The summed E-state index contributed by atoms with van der Waals surface area (Å²) in [7, 11) is 0. The molecule has 194 valence electrons. The van der Waals surface area contributed by atoms with Crippen LogP contribution in [-0.2, 0) is 31.3 Å². The number of nitro benzene ring substituents is 1. The molecule has 11 nitrogen and oxygen atoms in total. The SMILES string of the molecule is CC(=O)OC1CC(=O)N1c1ccc(CN2C(=O)[C@](O)([C@H](C)/C=C/CCO)c3cc([N+](=O)[O-])ccc32)cc1. The third kappa shape index (κ3) is 4.70. The molecule has 1 fully saturated rings. The number of aliphatic hydroxyl groups excluding tert-OH is 1. The number of ether oxygens (including phenoxy) is 1. The van der Waals surface area contributed by atoms with Crippen LogP contribution < -0.4 is 9.80 Å². The molecule has 4 rings (SSSR count). The van der Waals surface area contributed by atoms with Crippen molar-refractivity contribution in [3.63, 3.8) is 0 Å². The van der Waals surface area contributed by atoms with E-state index in [2.05, 4.69) is 0 Å². The Bertz CT molecular complexity index is 1280. The molecule has 0 bridgehead atoms. The van der Waals surface area contributed by atoms with E-state index < -0.39 is 34.5 Å². The van der Waals surface area contributed by atoms with Gasteiger partial charge in [0.05, 0.1) is 23.6 Å². The number of non-ortho nitro benzene ring substituents is 1. The second-order valence-electron chi connectivity index (χ2n) is 9.04. The summed E-state index contributed by atoms with van der Waals surface area (Å²) in [6.07, 6.45) is 3.04. The maximum absolute atomic E-state index is 13.6. The van der Waals surface area contributed by atoms with Gasteiger partial charge in [0.1, 0.15) is 0 Å². The Morgan fingerprint density at radius 2 is 1.97 bits per heavy atom. The quantitative estimate of drug-likeness (QED) is 0.172. The second kappa shape index (κ2) is 10.1. The Balaban J connectivity index is 1.63. The smallest absolute Gasteiger partial charge is 0.304 e. The highest BCUT2D eigenvalue weighted by Crippen LogP contribution is 2.47. The summed E-state index contributed by atoms with van der Waals surface area (Å²) < 4.78 is 5.14. The molecule has 2 aromatic carbocycles. The lowest BCUT2D eigenvalue weighted by Gasteiger charge is -2.39. The number of benzene rings is 2. The van der Waals surface area contributed by atoms with Crippen molar-refractivity contribution in [2.75, 3.05) is 16.4 Å². The average molecular weight is 510 g/mol. The van der Waals surface area contributed by atoms with Crippen molar-refractivity contribution < 1.29 is 34.3 Å². The highest BCUT2D eigenvalue weighted by Gasteiger charge is 2.53. The molecule has 2 heterocycles. The lowest BCUT2D eigenvalue weighted by atomic mass is 9.82. The number of anilines is 2. The molecule has 0 aliphatic carbocycles. The Morgan fingerprint density at radius 1 is 1.27 bits per heavy atom. The number of nitro groups is 1. The van der Waals surface area contributed by atoms with Crippen LogP contribution in [-0.4, -0.2) is 45.8 Å². The van der Waals surface area contributed by atoms with Gasteiger partial charge in [0.15, 0.2) is 11.8 Å². The van der Waals surface area contributed by atoms with E-state index in [0.29, 0.717) is 23.4 Å². The van der Waals surface area contributed by atoms with Gasteiger partial charge in [-0.25, -0.2) is 0 Å². The fourth-order valence-electron chi connectivity index (χ4n) is 4.65.